The van der Waals surface area contributed by atoms with Crippen molar-refractivity contribution in [3.63, 3.8) is 0 Å². The lowest BCUT2D eigenvalue weighted by Crippen LogP contribution is -2.38. The highest BCUT2D eigenvalue weighted by atomic mass is 32.2. The summed E-state index contributed by atoms with van der Waals surface area (Å²) in [5, 5.41) is 1.58. The maximum absolute atomic E-state index is 9.62. The molecule has 1 heterocycles. The summed E-state index contributed by atoms with van der Waals surface area (Å²) < 4.78 is 0. The Morgan fingerprint density at radius 3 is 1.58 bits per heavy atom. The largest absolute Gasteiger partial charge is 0.351 e. The minimum Gasteiger partial charge on any atom is -0.351 e. The van der Waals surface area contributed by atoms with Crippen molar-refractivity contribution in [2.24, 2.45) is 11.5 Å². The third kappa shape index (κ3) is 9.09. The van der Waals surface area contributed by atoms with Crippen LogP contribution in [0.2, 0.25) is 0 Å². The van der Waals surface area contributed by atoms with Crippen LogP contribution in [0.15, 0.2) is 0 Å². The molecule has 0 aromatic rings. The van der Waals surface area contributed by atoms with Gasteiger partial charge in [-0.15, -0.1) is 0 Å². The molecule has 1 saturated heterocycles. The van der Waals surface area contributed by atoms with Crippen LogP contribution in [0.1, 0.15) is 12.8 Å². The second-order valence-electron chi connectivity index (χ2n) is 2.17. The molecule has 1 aliphatic heterocycles. The van der Waals surface area contributed by atoms with Crippen molar-refractivity contribution < 1.29 is 9.59 Å². The predicted molar refractivity (Wildman–Crippen MR) is 48.9 cm³/mol. The van der Waals surface area contributed by atoms with Gasteiger partial charge in [-0.2, -0.15) is 11.8 Å². The Morgan fingerprint density at radius 2 is 1.50 bits per heavy atom. The van der Waals surface area contributed by atoms with Gasteiger partial charge in [0, 0.05) is 0 Å². The molecule has 0 aliphatic carbocycles. The van der Waals surface area contributed by atoms with E-state index >= 15 is 0 Å². The summed E-state index contributed by atoms with van der Waals surface area (Å²) >= 11 is 2.07. The summed E-state index contributed by atoms with van der Waals surface area (Å²) in [4.78, 5) is 19.2. The Morgan fingerprint density at radius 1 is 1.08 bits per heavy atom. The molecule has 12 heavy (non-hydrogen) atoms. The van der Waals surface area contributed by atoms with Gasteiger partial charge in [-0.05, 0) is 24.3 Å². The molecular weight excluding hydrogens is 178 g/mol. The Balaban J connectivity index is 0.000000211. The van der Waals surface area contributed by atoms with Crippen LogP contribution < -0.4 is 16.8 Å². The van der Waals surface area contributed by atoms with Gasteiger partial charge in [-0.1, -0.05) is 0 Å². The first-order chi connectivity index (χ1) is 5.63. The fourth-order valence-corrected chi connectivity index (χ4v) is 1.65. The molecule has 0 aromatic heterocycles. The number of urea groups is 2. The zero-order valence-electron chi connectivity index (χ0n) is 6.71. The molecule has 0 bridgehead atoms. The first-order valence-electron chi connectivity index (χ1n) is 3.56. The minimum absolute atomic E-state index is 0.937. The van der Waals surface area contributed by atoms with E-state index in [0.29, 0.717) is 0 Å². The normalized spacial score (nSPS) is 14.3. The lowest BCUT2D eigenvalue weighted by molar-refractivity contribution is 0.236. The number of nitrogens with two attached hydrogens (primary N) is 2. The van der Waals surface area contributed by atoms with Gasteiger partial charge < -0.3 is 11.5 Å². The molecule has 5 nitrogen and oxygen atoms in total. The van der Waals surface area contributed by atoms with Crippen LogP contribution in [0, 0.1) is 0 Å². The molecule has 1 aliphatic rings. The highest BCUT2D eigenvalue weighted by Crippen LogP contribution is 2.14. The molecule has 70 valence electrons. The maximum atomic E-state index is 9.62. The molecule has 1 fully saturated rings. The number of imide groups is 1. The molecule has 0 unspecified atom stereocenters. The van der Waals surface area contributed by atoms with Gasteiger partial charge in [-0.25, -0.2) is 9.59 Å². The van der Waals surface area contributed by atoms with Crippen molar-refractivity contribution in [3.05, 3.63) is 0 Å². The quantitative estimate of drug-likeness (QED) is 0.511. The fraction of sp³-hybridized carbons (Fsp3) is 0.667. The standard InChI is InChI=1S/C4H8S.C2H5N3O2/c1-2-4-5-3-1;3-1(6)5-2(4)7/h1-4H2;(H5,3,4,5,6,7). The zero-order chi connectivity index (χ0) is 9.40. The summed E-state index contributed by atoms with van der Waals surface area (Å²) in [6.07, 6.45) is 2.93. The van der Waals surface area contributed by atoms with Crippen molar-refractivity contribution in [2.75, 3.05) is 11.5 Å². The minimum atomic E-state index is -0.938. The molecule has 0 atom stereocenters. The maximum Gasteiger partial charge on any atom is 0.320 e. The topological polar surface area (TPSA) is 98.2 Å². The Kier molecular flexibility index (Phi) is 6.26. The van der Waals surface area contributed by atoms with Gasteiger partial charge in [0.25, 0.3) is 0 Å². The Labute approximate surface area is 75.2 Å². The van der Waals surface area contributed by atoms with Crippen LogP contribution in [0.25, 0.3) is 0 Å². The summed E-state index contributed by atoms with van der Waals surface area (Å²) in [6.45, 7) is 0. The number of amides is 4. The smallest absolute Gasteiger partial charge is 0.320 e. The van der Waals surface area contributed by atoms with Crippen LogP contribution in [0.5, 0.6) is 0 Å². The van der Waals surface area contributed by atoms with Crippen molar-refractivity contribution >= 4 is 23.8 Å². The van der Waals surface area contributed by atoms with Crippen LogP contribution >= 0.6 is 11.8 Å². The van der Waals surface area contributed by atoms with Crippen LogP contribution in [-0.4, -0.2) is 23.6 Å². The molecule has 5 N–H and O–H groups in total. The lowest BCUT2D eigenvalue weighted by atomic mass is 10.4. The van der Waals surface area contributed by atoms with Gasteiger partial charge in [0.1, 0.15) is 0 Å². The van der Waals surface area contributed by atoms with E-state index in [0.717, 1.165) is 0 Å². The number of rotatable bonds is 0. The molecule has 0 radical (unpaired) electrons. The van der Waals surface area contributed by atoms with Crippen LogP contribution in [0.3, 0.4) is 0 Å². The van der Waals surface area contributed by atoms with Crippen molar-refractivity contribution in [1.82, 2.24) is 5.32 Å². The van der Waals surface area contributed by atoms with E-state index in [4.69, 9.17) is 0 Å². The lowest BCUT2D eigenvalue weighted by Gasteiger charge is -1.88. The number of carbonyl (C=O) groups excluding carboxylic acids is 2. The molecule has 6 heteroatoms. The molecule has 0 aromatic carbocycles. The van der Waals surface area contributed by atoms with Crippen LogP contribution in [0.4, 0.5) is 9.59 Å². The monoisotopic (exact) mass is 191 g/mol. The second kappa shape index (κ2) is 6.78. The molecule has 0 spiro atoms. The predicted octanol–water partition coefficient (Wildman–Crippen LogP) is 0.247. The van der Waals surface area contributed by atoms with Gasteiger partial charge in [0.05, 0.1) is 0 Å². The van der Waals surface area contributed by atoms with Crippen molar-refractivity contribution in [1.29, 1.82) is 0 Å². The van der Waals surface area contributed by atoms with Gasteiger partial charge in [0.2, 0.25) is 0 Å². The highest BCUT2D eigenvalue weighted by molar-refractivity contribution is 7.99. The van der Waals surface area contributed by atoms with E-state index in [2.05, 4.69) is 23.2 Å². The van der Waals surface area contributed by atoms with E-state index in [1.165, 1.54) is 24.3 Å². The van der Waals surface area contributed by atoms with E-state index in [-0.39, 0.29) is 0 Å². The average molecular weight is 191 g/mol. The third-order valence-corrected chi connectivity index (χ3v) is 2.23. The van der Waals surface area contributed by atoms with Crippen molar-refractivity contribution in [3.8, 4) is 0 Å². The second-order valence-corrected chi connectivity index (χ2v) is 3.40. The molecular formula is C6H13N3O2S. The van der Waals surface area contributed by atoms with Crippen molar-refractivity contribution in [2.45, 2.75) is 12.8 Å². The number of hydrogen-bond donors (Lipinski definition) is 3. The van der Waals surface area contributed by atoms with Gasteiger partial charge in [0.15, 0.2) is 0 Å². The summed E-state index contributed by atoms with van der Waals surface area (Å²) in [6, 6.07) is -1.88. The van der Waals surface area contributed by atoms with E-state index in [1.807, 2.05) is 0 Å². The zero-order valence-corrected chi connectivity index (χ0v) is 7.52. The number of primary amides is 2. The molecule has 4 amide bonds. The van der Waals surface area contributed by atoms with E-state index < -0.39 is 12.1 Å². The first-order valence-corrected chi connectivity index (χ1v) is 4.72. The first kappa shape index (κ1) is 11.1. The number of thioether (sulfide) groups is 1. The number of hydrogen-bond acceptors (Lipinski definition) is 3. The summed E-state index contributed by atoms with van der Waals surface area (Å²) in [7, 11) is 0. The third-order valence-electron chi connectivity index (χ3n) is 1.07. The summed E-state index contributed by atoms with van der Waals surface area (Å²) in [5.41, 5.74) is 8.88. The van der Waals surface area contributed by atoms with E-state index in [1.54, 1.807) is 5.32 Å². The van der Waals surface area contributed by atoms with Crippen LogP contribution in [-0.2, 0) is 0 Å². The SMILES string of the molecule is C1CCSC1.NC(=O)NC(N)=O. The van der Waals surface area contributed by atoms with Gasteiger partial charge >= 0.3 is 12.1 Å². The van der Waals surface area contributed by atoms with E-state index in [9.17, 15) is 9.59 Å². The summed E-state index contributed by atoms with van der Waals surface area (Å²) in [5.74, 6) is 2.83. The van der Waals surface area contributed by atoms with Gasteiger partial charge in [-0.3, -0.25) is 5.32 Å². The fourth-order valence-electron chi connectivity index (χ4n) is 0.632. The number of nitrogens with one attached hydrogen (secondary N) is 1. The Hall–Kier alpha value is -0.910. The molecule has 0 saturated carbocycles. The average Bonchev–Trinajstić information content (AvgIpc) is 2.36. The molecule has 1 rings (SSSR count). The number of carbonyl (C=O) groups is 2. The Bertz CT molecular complexity index is 139. The highest BCUT2D eigenvalue weighted by Gasteiger charge is 1.95.